The number of rotatable bonds is 4. The van der Waals surface area contributed by atoms with Gasteiger partial charge in [-0.1, -0.05) is 67.3 Å². The van der Waals surface area contributed by atoms with Crippen molar-refractivity contribution in [3.63, 3.8) is 0 Å². The van der Waals surface area contributed by atoms with Crippen LogP contribution in [0.5, 0.6) is 0 Å². The zero-order valence-corrected chi connectivity index (χ0v) is 19.1. The molecule has 0 amide bonds. The Bertz CT molecular complexity index is 1130. The van der Waals surface area contributed by atoms with Gasteiger partial charge in [-0.3, -0.25) is 19.2 Å². The Labute approximate surface area is 190 Å². The largest absolute Gasteiger partial charge is 0.298 e. The maximum absolute atomic E-state index is 13.8. The smallest absolute Gasteiger partial charge is 0.259 e. The van der Waals surface area contributed by atoms with Crippen molar-refractivity contribution in [2.45, 2.75) is 65.1 Å². The Morgan fingerprint density at radius 3 is 2.34 bits per heavy atom. The molecule has 0 N–H and O–H groups in total. The lowest BCUT2D eigenvalue weighted by atomic mass is 9.94. The van der Waals surface area contributed by atoms with Gasteiger partial charge in [-0.25, -0.2) is 4.98 Å². The highest BCUT2D eigenvalue weighted by atomic mass is 16.1. The van der Waals surface area contributed by atoms with Gasteiger partial charge in [0.15, 0.2) is 0 Å². The zero-order chi connectivity index (χ0) is 22.1. The molecule has 0 unspecified atom stereocenters. The number of hydrogen-bond acceptors (Lipinski definition) is 4. The molecule has 2 heterocycles. The summed E-state index contributed by atoms with van der Waals surface area (Å²) < 4.78 is 1.91. The van der Waals surface area contributed by atoms with Crippen molar-refractivity contribution in [1.29, 1.82) is 0 Å². The molecule has 1 fully saturated rings. The fourth-order valence-corrected chi connectivity index (χ4v) is 5.09. The minimum Gasteiger partial charge on any atom is -0.298 e. The molecule has 0 bridgehead atoms. The van der Waals surface area contributed by atoms with Gasteiger partial charge in [0, 0.05) is 23.7 Å². The first kappa shape index (κ1) is 21.0. The summed E-state index contributed by atoms with van der Waals surface area (Å²) in [6.45, 7) is 5.47. The maximum atomic E-state index is 13.8. The van der Waals surface area contributed by atoms with E-state index in [4.69, 9.17) is 4.98 Å². The Morgan fingerprint density at radius 2 is 1.62 bits per heavy atom. The molecule has 5 rings (SSSR count). The van der Waals surface area contributed by atoms with Gasteiger partial charge in [-0.2, -0.15) is 0 Å². The third-order valence-corrected chi connectivity index (χ3v) is 7.00. The van der Waals surface area contributed by atoms with E-state index in [2.05, 4.69) is 53.1 Å². The highest BCUT2D eigenvalue weighted by Crippen LogP contribution is 2.32. The molecule has 1 saturated carbocycles. The highest BCUT2D eigenvalue weighted by Gasteiger charge is 2.32. The first-order valence-corrected chi connectivity index (χ1v) is 11.8. The second-order valence-electron chi connectivity index (χ2n) is 9.30. The molecular weight excluding hydrogens is 396 g/mol. The van der Waals surface area contributed by atoms with E-state index in [-0.39, 0.29) is 5.56 Å². The Kier molecular flexibility index (Phi) is 5.83. The lowest BCUT2D eigenvalue weighted by Gasteiger charge is -2.43. The number of fused-ring (bicyclic) bond motifs is 1. The standard InChI is InChI=1S/C27H32N4O/c1-20-13-15-24(16-14-20)30-18-29(23-11-7-4-8-12-23)19-31-26(32)25(21(2)28-27(30)31)17-22-9-5-3-6-10-22/h3,5-6,9-10,13-16,23H,4,7-8,11-12,17-19H2,1-2H3. The molecule has 1 aromatic heterocycles. The van der Waals surface area contributed by atoms with Crippen LogP contribution in [0.15, 0.2) is 59.4 Å². The average Bonchev–Trinajstić information content (AvgIpc) is 2.83. The van der Waals surface area contributed by atoms with Gasteiger partial charge in [0.25, 0.3) is 5.56 Å². The van der Waals surface area contributed by atoms with E-state index in [0.29, 0.717) is 19.1 Å². The van der Waals surface area contributed by atoms with Gasteiger partial charge in [0.05, 0.1) is 19.0 Å². The van der Waals surface area contributed by atoms with Gasteiger partial charge in [0.1, 0.15) is 0 Å². The number of benzene rings is 2. The van der Waals surface area contributed by atoms with Gasteiger partial charge in [0.2, 0.25) is 5.95 Å². The van der Waals surface area contributed by atoms with Gasteiger partial charge in [-0.05, 0) is 44.4 Å². The van der Waals surface area contributed by atoms with E-state index in [0.717, 1.165) is 35.1 Å². The van der Waals surface area contributed by atoms with Crippen molar-refractivity contribution < 1.29 is 0 Å². The summed E-state index contributed by atoms with van der Waals surface area (Å²) in [4.78, 5) is 23.5. The summed E-state index contributed by atoms with van der Waals surface area (Å²) in [7, 11) is 0. The van der Waals surface area contributed by atoms with Gasteiger partial charge in [-0.15, -0.1) is 0 Å². The van der Waals surface area contributed by atoms with Crippen molar-refractivity contribution in [1.82, 2.24) is 14.5 Å². The fraction of sp³-hybridized carbons (Fsp3) is 0.407. The van der Waals surface area contributed by atoms with Crippen LogP contribution in [0.3, 0.4) is 0 Å². The van der Waals surface area contributed by atoms with Crippen molar-refractivity contribution >= 4 is 11.6 Å². The number of aromatic nitrogens is 2. The van der Waals surface area contributed by atoms with E-state index in [1.165, 1.54) is 37.7 Å². The van der Waals surface area contributed by atoms with Crippen molar-refractivity contribution in [2.75, 3.05) is 11.6 Å². The minimum atomic E-state index is 0.0916. The Morgan fingerprint density at radius 1 is 0.906 bits per heavy atom. The second-order valence-corrected chi connectivity index (χ2v) is 9.30. The van der Waals surface area contributed by atoms with Gasteiger partial charge >= 0.3 is 0 Å². The summed E-state index contributed by atoms with van der Waals surface area (Å²) in [5, 5.41) is 0. The quantitative estimate of drug-likeness (QED) is 0.576. The van der Waals surface area contributed by atoms with Crippen molar-refractivity contribution in [3.8, 4) is 0 Å². The lowest BCUT2D eigenvalue weighted by Crippen LogP contribution is -2.52. The first-order chi connectivity index (χ1) is 15.6. The predicted octanol–water partition coefficient (Wildman–Crippen LogP) is 5.15. The monoisotopic (exact) mass is 428 g/mol. The third kappa shape index (κ3) is 4.09. The van der Waals surface area contributed by atoms with Crippen LogP contribution in [0.1, 0.15) is 54.5 Å². The van der Waals surface area contributed by atoms with E-state index in [9.17, 15) is 4.79 Å². The molecule has 1 aliphatic heterocycles. The minimum absolute atomic E-state index is 0.0916. The maximum Gasteiger partial charge on any atom is 0.259 e. The Hall–Kier alpha value is -2.92. The van der Waals surface area contributed by atoms with Crippen LogP contribution in [-0.4, -0.2) is 27.2 Å². The van der Waals surface area contributed by atoms with Crippen molar-refractivity contribution in [3.05, 3.63) is 87.3 Å². The van der Waals surface area contributed by atoms with Gasteiger partial charge < -0.3 is 0 Å². The van der Waals surface area contributed by atoms with E-state index < -0.39 is 0 Å². The molecule has 32 heavy (non-hydrogen) atoms. The van der Waals surface area contributed by atoms with Crippen LogP contribution in [-0.2, 0) is 13.1 Å². The second kappa shape index (κ2) is 8.91. The molecule has 0 saturated heterocycles. The molecule has 2 aliphatic rings. The topological polar surface area (TPSA) is 41.4 Å². The molecule has 2 aromatic carbocycles. The van der Waals surface area contributed by atoms with Crippen LogP contribution >= 0.6 is 0 Å². The summed E-state index contributed by atoms with van der Waals surface area (Å²) in [5.74, 6) is 0.764. The number of hydrogen-bond donors (Lipinski definition) is 0. The van der Waals surface area contributed by atoms with Crippen LogP contribution in [0, 0.1) is 13.8 Å². The van der Waals surface area contributed by atoms with Crippen LogP contribution in [0.4, 0.5) is 11.6 Å². The van der Waals surface area contributed by atoms with Crippen LogP contribution in [0.2, 0.25) is 0 Å². The van der Waals surface area contributed by atoms with Crippen LogP contribution < -0.4 is 10.5 Å². The normalized spacial score (nSPS) is 17.4. The molecule has 5 heteroatoms. The van der Waals surface area contributed by atoms with E-state index >= 15 is 0 Å². The number of aryl methyl sites for hydroxylation is 2. The molecule has 166 valence electrons. The van der Waals surface area contributed by atoms with Crippen molar-refractivity contribution in [2.24, 2.45) is 0 Å². The molecular formula is C27H32N4O. The molecule has 3 aromatic rings. The number of anilines is 2. The highest BCUT2D eigenvalue weighted by molar-refractivity contribution is 5.59. The van der Waals surface area contributed by atoms with E-state index in [1.807, 2.05) is 29.7 Å². The lowest BCUT2D eigenvalue weighted by molar-refractivity contribution is 0.107. The summed E-state index contributed by atoms with van der Waals surface area (Å²) >= 11 is 0. The van der Waals surface area contributed by atoms with E-state index in [1.54, 1.807) is 0 Å². The van der Waals surface area contributed by atoms with Crippen LogP contribution in [0.25, 0.3) is 0 Å². The molecule has 0 atom stereocenters. The fourth-order valence-electron chi connectivity index (χ4n) is 5.09. The summed E-state index contributed by atoms with van der Waals surface area (Å²) in [6.07, 6.45) is 6.92. The number of nitrogens with zero attached hydrogens (tertiary/aromatic N) is 4. The first-order valence-electron chi connectivity index (χ1n) is 11.8. The average molecular weight is 429 g/mol. The molecule has 1 aliphatic carbocycles. The molecule has 0 radical (unpaired) electrons. The Balaban J connectivity index is 1.58. The summed E-state index contributed by atoms with van der Waals surface area (Å²) in [5.41, 5.74) is 5.18. The zero-order valence-electron chi connectivity index (χ0n) is 19.1. The predicted molar refractivity (Wildman–Crippen MR) is 129 cm³/mol. The summed E-state index contributed by atoms with van der Waals surface area (Å²) in [6, 6.07) is 19.3. The molecule has 5 nitrogen and oxygen atoms in total. The molecule has 0 spiro atoms. The SMILES string of the molecule is Cc1ccc(N2CN(C3CCCCC3)Cn3c2nc(C)c(Cc2ccccc2)c3=O)cc1. The third-order valence-electron chi connectivity index (χ3n) is 7.00.